The lowest BCUT2D eigenvalue weighted by atomic mass is 9.81. The van der Waals surface area contributed by atoms with Gasteiger partial charge in [-0.25, -0.2) is 0 Å². The maximum atomic E-state index is 6.22. The van der Waals surface area contributed by atoms with E-state index in [1.54, 1.807) is 0 Å². The van der Waals surface area contributed by atoms with Crippen LogP contribution >= 0.6 is 11.6 Å². The van der Waals surface area contributed by atoms with E-state index in [2.05, 4.69) is 23.5 Å². The Balaban J connectivity index is 1.36. The maximum absolute atomic E-state index is 6.22. The number of benzene rings is 1. The first-order valence-electron chi connectivity index (χ1n) is 10.3. The van der Waals surface area contributed by atoms with E-state index < -0.39 is 0 Å². The van der Waals surface area contributed by atoms with E-state index in [0.717, 1.165) is 44.0 Å². The van der Waals surface area contributed by atoms with Gasteiger partial charge in [0.2, 0.25) is 0 Å². The second-order valence-corrected chi connectivity index (χ2v) is 8.47. The van der Waals surface area contributed by atoms with Gasteiger partial charge in [0.1, 0.15) is 0 Å². The predicted molar refractivity (Wildman–Crippen MR) is 110 cm³/mol. The van der Waals surface area contributed by atoms with Gasteiger partial charge in [0.05, 0.1) is 5.60 Å². The van der Waals surface area contributed by atoms with Crippen LogP contribution in [0.3, 0.4) is 0 Å². The van der Waals surface area contributed by atoms with Gasteiger partial charge in [-0.05, 0) is 68.0 Å². The van der Waals surface area contributed by atoms with E-state index in [4.69, 9.17) is 21.3 Å². The van der Waals surface area contributed by atoms with Crippen LogP contribution in [0.2, 0.25) is 5.02 Å². The van der Waals surface area contributed by atoms with Crippen LogP contribution in [0, 0.1) is 0 Å². The average Bonchev–Trinajstić information content (AvgIpc) is 3.13. The van der Waals surface area contributed by atoms with Crippen molar-refractivity contribution in [2.75, 3.05) is 13.2 Å². The topological polar surface area (TPSA) is 34.2 Å². The van der Waals surface area contributed by atoms with Gasteiger partial charge >= 0.3 is 0 Å². The number of rotatable bonds is 6. The van der Waals surface area contributed by atoms with Crippen molar-refractivity contribution in [1.29, 1.82) is 0 Å². The number of hydrogen-bond donors (Lipinski definition) is 1. The van der Waals surface area contributed by atoms with Crippen LogP contribution in [0.25, 0.3) is 0 Å². The van der Waals surface area contributed by atoms with Crippen LogP contribution in [-0.2, 0) is 17.7 Å². The number of pyridine rings is 1. The highest BCUT2D eigenvalue weighted by molar-refractivity contribution is 6.30. The molecule has 3 nitrogen and oxygen atoms in total. The van der Waals surface area contributed by atoms with Gasteiger partial charge < -0.3 is 10.1 Å². The van der Waals surface area contributed by atoms with E-state index >= 15 is 0 Å². The fraction of sp³-hybridized carbons (Fsp3) is 0.522. The molecule has 1 aromatic heterocycles. The molecule has 0 amide bonds. The summed E-state index contributed by atoms with van der Waals surface area (Å²) >= 11 is 6.07. The summed E-state index contributed by atoms with van der Waals surface area (Å²) in [5.41, 5.74) is 4.05. The van der Waals surface area contributed by atoms with Crippen molar-refractivity contribution in [3.8, 4) is 0 Å². The van der Waals surface area contributed by atoms with Crippen molar-refractivity contribution in [2.45, 2.75) is 63.0 Å². The van der Waals surface area contributed by atoms with Crippen molar-refractivity contribution in [2.24, 2.45) is 0 Å². The molecule has 1 aliphatic carbocycles. The summed E-state index contributed by atoms with van der Waals surface area (Å²) in [6.07, 6.45) is 10.3. The first-order valence-corrected chi connectivity index (χ1v) is 10.6. The van der Waals surface area contributed by atoms with Crippen molar-refractivity contribution in [1.82, 2.24) is 10.3 Å². The number of nitrogens with one attached hydrogen (secondary N) is 1. The third kappa shape index (κ3) is 4.71. The number of ether oxygens (including phenoxy) is 1. The Morgan fingerprint density at radius 1 is 1.19 bits per heavy atom. The summed E-state index contributed by atoms with van der Waals surface area (Å²) in [7, 11) is 0. The average molecular weight is 385 g/mol. The number of nitrogens with zero attached hydrogens (tertiary/aromatic N) is 1. The minimum atomic E-state index is 0.141. The molecule has 1 saturated heterocycles. The smallest absolute Gasteiger partial charge is 0.0689 e. The monoisotopic (exact) mass is 384 g/mol. The summed E-state index contributed by atoms with van der Waals surface area (Å²) in [6, 6.07) is 12.4. The van der Waals surface area contributed by atoms with Gasteiger partial charge in [-0.2, -0.15) is 0 Å². The molecule has 1 unspecified atom stereocenters. The second-order valence-electron chi connectivity index (χ2n) is 8.03. The molecular weight excluding hydrogens is 356 g/mol. The molecule has 2 aromatic rings. The van der Waals surface area contributed by atoms with Crippen LogP contribution in [0.5, 0.6) is 0 Å². The van der Waals surface area contributed by atoms with E-state index in [1.807, 2.05) is 24.4 Å². The summed E-state index contributed by atoms with van der Waals surface area (Å²) in [6.45, 7) is 2.67. The Hall–Kier alpha value is -1.42. The molecule has 2 fully saturated rings. The molecule has 2 heterocycles. The first-order chi connectivity index (χ1) is 13.2. The Morgan fingerprint density at radius 3 is 2.93 bits per heavy atom. The molecule has 144 valence electrons. The van der Waals surface area contributed by atoms with Crippen LogP contribution < -0.4 is 5.32 Å². The molecule has 1 aromatic carbocycles. The summed E-state index contributed by atoms with van der Waals surface area (Å²) in [5, 5.41) is 4.34. The molecule has 1 N–H and O–H groups in total. The van der Waals surface area contributed by atoms with Gasteiger partial charge in [0.15, 0.2) is 0 Å². The molecular formula is C23H29ClN2O. The van der Waals surface area contributed by atoms with Crippen LogP contribution in [-0.4, -0.2) is 23.7 Å². The molecule has 1 spiro atoms. The van der Waals surface area contributed by atoms with Crippen molar-refractivity contribution in [3.05, 3.63) is 64.4 Å². The molecule has 0 bridgehead atoms. The summed E-state index contributed by atoms with van der Waals surface area (Å²) < 4.78 is 6.22. The lowest BCUT2D eigenvalue weighted by Gasteiger charge is -2.38. The van der Waals surface area contributed by atoms with Gasteiger partial charge in [-0.15, -0.1) is 0 Å². The van der Waals surface area contributed by atoms with Crippen LogP contribution in [0.4, 0.5) is 0 Å². The van der Waals surface area contributed by atoms with Crippen LogP contribution in [0.1, 0.15) is 61.3 Å². The van der Waals surface area contributed by atoms with Crippen molar-refractivity contribution < 1.29 is 4.74 Å². The number of halogens is 1. The SMILES string of the molecule is Clc1cccc(CNCCc2cccnc2C2CCOC3(CCCC3)C2)c1. The molecule has 4 heteroatoms. The maximum Gasteiger partial charge on any atom is 0.0689 e. The summed E-state index contributed by atoms with van der Waals surface area (Å²) in [5.74, 6) is 0.543. The fourth-order valence-electron chi connectivity index (χ4n) is 4.76. The Morgan fingerprint density at radius 2 is 2.07 bits per heavy atom. The normalized spacial score (nSPS) is 21.6. The van der Waals surface area contributed by atoms with Crippen molar-refractivity contribution in [3.63, 3.8) is 0 Å². The number of aromatic nitrogens is 1. The Kier molecular flexibility index (Phi) is 6.11. The Bertz CT molecular complexity index is 758. The zero-order valence-corrected chi connectivity index (χ0v) is 16.7. The van der Waals surface area contributed by atoms with Gasteiger partial charge in [0.25, 0.3) is 0 Å². The van der Waals surface area contributed by atoms with E-state index in [-0.39, 0.29) is 5.60 Å². The molecule has 1 atom stereocenters. The third-order valence-corrected chi connectivity index (χ3v) is 6.34. The third-order valence-electron chi connectivity index (χ3n) is 6.11. The highest BCUT2D eigenvalue weighted by atomic mass is 35.5. The predicted octanol–water partition coefficient (Wildman–Crippen LogP) is 5.27. The fourth-order valence-corrected chi connectivity index (χ4v) is 4.97. The van der Waals surface area contributed by atoms with Gasteiger partial charge in [-0.1, -0.05) is 42.6 Å². The van der Waals surface area contributed by atoms with Gasteiger partial charge in [-0.3, -0.25) is 4.98 Å². The largest absolute Gasteiger partial charge is 0.375 e. The highest BCUT2D eigenvalue weighted by Crippen LogP contribution is 2.45. The lowest BCUT2D eigenvalue weighted by molar-refractivity contribution is -0.0809. The van der Waals surface area contributed by atoms with E-state index in [1.165, 1.54) is 42.5 Å². The van der Waals surface area contributed by atoms with E-state index in [9.17, 15) is 0 Å². The van der Waals surface area contributed by atoms with Crippen molar-refractivity contribution >= 4 is 11.6 Å². The minimum absolute atomic E-state index is 0.141. The molecule has 4 rings (SSSR count). The zero-order valence-electron chi connectivity index (χ0n) is 15.9. The van der Waals surface area contributed by atoms with Gasteiger partial charge in [0, 0.05) is 36.0 Å². The lowest BCUT2D eigenvalue weighted by Crippen LogP contribution is -2.37. The number of hydrogen-bond acceptors (Lipinski definition) is 3. The zero-order chi connectivity index (χ0) is 18.5. The summed E-state index contributed by atoms with van der Waals surface area (Å²) in [4.78, 5) is 4.80. The molecule has 2 aliphatic rings. The first kappa shape index (κ1) is 18.9. The second kappa shape index (κ2) is 8.72. The minimum Gasteiger partial charge on any atom is -0.375 e. The quantitative estimate of drug-likeness (QED) is 0.688. The standard InChI is InChI=1S/C23H29ClN2O/c24-21-7-3-5-18(15-21)17-25-13-8-19-6-4-12-26-22(19)20-9-14-27-23(16-20)10-1-2-11-23/h3-7,12,15,20,25H,1-2,8-11,13-14,16-17H2. The molecule has 27 heavy (non-hydrogen) atoms. The van der Waals surface area contributed by atoms with E-state index in [0.29, 0.717) is 5.92 Å². The highest BCUT2D eigenvalue weighted by Gasteiger charge is 2.40. The molecule has 0 radical (unpaired) electrons. The van der Waals surface area contributed by atoms with Crippen LogP contribution in [0.15, 0.2) is 42.6 Å². The molecule has 1 aliphatic heterocycles. The molecule has 1 saturated carbocycles. The Labute approximate surface area is 167 Å².